The van der Waals surface area contributed by atoms with E-state index >= 15 is 0 Å². The van der Waals surface area contributed by atoms with E-state index in [9.17, 15) is 14.7 Å². The summed E-state index contributed by atoms with van der Waals surface area (Å²) in [4.78, 5) is 25.4. The standard InChI is InChI=1S/C37H40N2O6/c1-26-33(24-39(22-27-8-4-2-5-9-27)23-28-10-6-3-7-11-28)44-37(45-36(26)30-14-12-29(25-40)13-15-30)31-16-18-32(19-17-31)38-34(41)20-21-35(42)43/h2-19,26,33,36-37,40H,20-25H2,1H3,(H,38,41)(H,42,43). The van der Waals surface area contributed by atoms with Gasteiger partial charge in [-0.05, 0) is 34.4 Å². The van der Waals surface area contributed by atoms with Crippen LogP contribution in [0.3, 0.4) is 0 Å². The molecule has 0 bridgehead atoms. The molecule has 8 nitrogen and oxygen atoms in total. The molecule has 5 rings (SSSR count). The summed E-state index contributed by atoms with van der Waals surface area (Å²) in [5.41, 5.74) is 5.68. The quantitative estimate of drug-likeness (QED) is 0.160. The molecule has 0 spiro atoms. The molecule has 0 aromatic heterocycles. The maximum absolute atomic E-state index is 12.1. The highest BCUT2D eigenvalue weighted by atomic mass is 16.7. The van der Waals surface area contributed by atoms with Crippen molar-refractivity contribution in [2.75, 3.05) is 11.9 Å². The van der Waals surface area contributed by atoms with Crippen LogP contribution < -0.4 is 5.32 Å². The first-order valence-electron chi connectivity index (χ1n) is 15.3. The van der Waals surface area contributed by atoms with Gasteiger partial charge in [0.05, 0.1) is 25.2 Å². The molecule has 4 unspecified atom stereocenters. The van der Waals surface area contributed by atoms with Gasteiger partial charge in [0, 0.05) is 43.2 Å². The molecule has 0 radical (unpaired) electrons. The number of ether oxygens (including phenoxy) is 2. The average molecular weight is 609 g/mol. The molecule has 3 N–H and O–H groups in total. The van der Waals surface area contributed by atoms with E-state index in [0.29, 0.717) is 12.2 Å². The zero-order valence-electron chi connectivity index (χ0n) is 25.4. The van der Waals surface area contributed by atoms with Crippen LogP contribution in [-0.4, -0.2) is 39.6 Å². The molecule has 234 valence electrons. The Bertz CT molecular complexity index is 1470. The van der Waals surface area contributed by atoms with Crippen LogP contribution in [0.1, 0.15) is 60.0 Å². The van der Waals surface area contributed by atoms with Crippen molar-refractivity contribution in [3.05, 3.63) is 137 Å². The number of benzene rings is 4. The Kier molecular flexibility index (Phi) is 11.1. The van der Waals surface area contributed by atoms with Crippen molar-refractivity contribution in [2.45, 2.75) is 58.0 Å². The molecule has 8 heteroatoms. The molecule has 1 amide bonds. The zero-order chi connectivity index (χ0) is 31.6. The molecule has 4 atom stereocenters. The van der Waals surface area contributed by atoms with Crippen molar-refractivity contribution >= 4 is 17.6 Å². The predicted octanol–water partition coefficient (Wildman–Crippen LogP) is 6.48. The van der Waals surface area contributed by atoms with Crippen molar-refractivity contribution in [1.29, 1.82) is 0 Å². The largest absolute Gasteiger partial charge is 0.481 e. The van der Waals surface area contributed by atoms with E-state index in [2.05, 4.69) is 65.7 Å². The van der Waals surface area contributed by atoms with Crippen LogP contribution in [0.25, 0.3) is 0 Å². The van der Waals surface area contributed by atoms with Crippen LogP contribution in [-0.2, 0) is 38.8 Å². The third-order valence-electron chi connectivity index (χ3n) is 8.09. The smallest absolute Gasteiger partial charge is 0.303 e. The van der Waals surface area contributed by atoms with Crippen LogP contribution in [0.5, 0.6) is 0 Å². The van der Waals surface area contributed by atoms with Crippen molar-refractivity contribution in [2.24, 2.45) is 5.92 Å². The lowest BCUT2D eigenvalue weighted by Gasteiger charge is -2.43. The van der Waals surface area contributed by atoms with Crippen molar-refractivity contribution in [1.82, 2.24) is 4.90 Å². The minimum absolute atomic E-state index is 0.0167. The van der Waals surface area contributed by atoms with Gasteiger partial charge in [0.25, 0.3) is 0 Å². The molecular weight excluding hydrogens is 568 g/mol. The number of aliphatic hydroxyl groups excluding tert-OH is 1. The molecule has 4 aromatic carbocycles. The summed E-state index contributed by atoms with van der Waals surface area (Å²) in [6, 6.07) is 36.0. The SMILES string of the molecule is CC1C(CN(Cc2ccccc2)Cc2ccccc2)OC(c2ccc(NC(=O)CCC(=O)O)cc2)OC1c1ccc(CO)cc1. The molecular formula is C37H40N2O6. The minimum atomic E-state index is -1.01. The normalized spacial score (nSPS) is 19.7. The Labute approximate surface area is 264 Å². The highest BCUT2D eigenvalue weighted by Gasteiger charge is 2.39. The van der Waals surface area contributed by atoms with Crippen molar-refractivity contribution in [3.63, 3.8) is 0 Å². The molecule has 1 heterocycles. The van der Waals surface area contributed by atoms with E-state index < -0.39 is 12.3 Å². The van der Waals surface area contributed by atoms with Gasteiger partial charge < -0.3 is 25.0 Å². The molecule has 45 heavy (non-hydrogen) atoms. The number of rotatable bonds is 13. The maximum atomic E-state index is 12.1. The van der Waals surface area contributed by atoms with E-state index in [1.54, 1.807) is 12.1 Å². The number of carboxylic acids is 1. The van der Waals surface area contributed by atoms with Crippen molar-refractivity contribution in [3.8, 4) is 0 Å². The van der Waals surface area contributed by atoms with Crippen LogP contribution in [0.2, 0.25) is 0 Å². The monoisotopic (exact) mass is 608 g/mol. The summed E-state index contributed by atoms with van der Waals surface area (Å²) in [7, 11) is 0. The summed E-state index contributed by atoms with van der Waals surface area (Å²) in [5, 5.41) is 21.2. The number of hydrogen-bond donors (Lipinski definition) is 3. The Morgan fingerprint density at radius 2 is 1.31 bits per heavy atom. The molecule has 1 saturated heterocycles. The molecule has 1 fully saturated rings. The van der Waals surface area contributed by atoms with E-state index in [0.717, 1.165) is 29.8 Å². The van der Waals surface area contributed by atoms with Gasteiger partial charge in [0.1, 0.15) is 0 Å². The fraction of sp³-hybridized carbons (Fsp3) is 0.297. The highest BCUT2D eigenvalue weighted by Crippen LogP contribution is 2.42. The van der Waals surface area contributed by atoms with Crippen molar-refractivity contribution < 1.29 is 29.3 Å². The van der Waals surface area contributed by atoms with Gasteiger partial charge in [0.2, 0.25) is 5.91 Å². The number of carbonyl (C=O) groups is 2. The fourth-order valence-electron chi connectivity index (χ4n) is 5.62. The van der Waals surface area contributed by atoms with E-state index in [4.69, 9.17) is 14.6 Å². The van der Waals surface area contributed by atoms with Crippen LogP contribution >= 0.6 is 0 Å². The number of anilines is 1. The maximum Gasteiger partial charge on any atom is 0.303 e. The predicted molar refractivity (Wildman–Crippen MR) is 172 cm³/mol. The molecule has 0 saturated carbocycles. The zero-order valence-corrected chi connectivity index (χ0v) is 25.4. The second kappa shape index (κ2) is 15.6. The third kappa shape index (κ3) is 9.09. The number of aliphatic carboxylic acids is 1. The number of nitrogens with zero attached hydrogens (tertiary/aromatic N) is 1. The summed E-state index contributed by atoms with van der Waals surface area (Å²) in [5.74, 6) is -1.35. The van der Waals surface area contributed by atoms with E-state index in [1.807, 2.05) is 48.5 Å². The van der Waals surface area contributed by atoms with Gasteiger partial charge in [-0.15, -0.1) is 0 Å². The fourth-order valence-corrected chi connectivity index (χ4v) is 5.62. The van der Waals surface area contributed by atoms with Crippen LogP contribution in [0, 0.1) is 5.92 Å². The van der Waals surface area contributed by atoms with E-state index in [1.165, 1.54) is 11.1 Å². The van der Waals surface area contributed by atoms with Gasteiger partial charge in [-0.25, -0.2) is 0 Å². The lowest BCUT2D eigenvalue weighted by Crippen LogP contribution is -2.44. The lowest BCUT2D eigenvalue weighted by atomic mass is 9.89. The number of nitrogens with one attached hydrogen (secondary N) is 1. The second-order valence-electron chi connectivity index (χ2n) is 11.5. The number of hydrogen-bond acceptors (Lipinski definition) is 6. The lowest BCUT2D eigenvalue weighted by molar-refractivity contribution is -0.276. The van der Waals surface area contributed by atoms with Gasteiger partial charge in [-0.3, -0.25) is 14.5 Å². The first kappa shape index (κ1) is 32.1. The molecule has 1 aliphatic heterocycles. The van der Waals surface area contributed by atoms with E-state index in [-0.39, 0.29) is 43.5 Å². The van der Waals surface area contributed by atoms with Gasteiger partial charge in [-0.1, -0.05) is 104 Å². The Morgan fingerprint density at radius 1 is 0.733 bits per heavy atom. The van der Waals surface area contributed by atoms with Gasteiger partial charge >= 0.3 is 5.97 Å². The van der Waals surface area contributed by atoms with Crippen LogP contribution in [0.15, 0.2) is 109 Å². The highest BCUT2D eigenvalue weighted by molar-refractivity contribution is 5.92. The van der Waals surface area contributed by atoms with Gasteiger partial charge in [-0.2, -0.15) is 0 Å². The topological polar surface area (TPSA) is 108 Å². The summed E-state index contributed by atoms with van der Waals surface area (Å²) >= 11 is 0. The average Bonchev–Trinajstić information content (AvgIpc) is 3.06. The molecule has 1 aliphatic rings. The molecule has 4 aromatic rings. The number of aliphatic hydroxyl groups is 1. The Hall–Kier alpha value is -4.34. The third-order valence-corrected chi connectivity index (χ3v) is 8.09. The molecule has 0 aliphatic carbocycles. The first-order chi connectivity index (χ1) is 21.9. The first-order valence-corrected chi connectivity index (χ1v) is 15.3. The minimum Gasteiger partial charge on any atom is -0.481 e. The summed E-state index contributed by atoms with van der Waals surface area (Å²) in [6.45, 7) is 4.33. The summed E-state index contributed by atoms with van der Waals surface area (Å²) in [6.07, 6.45) is -1.40. The van der Waals surface area contributed by atoms with Gasteiger partial charge in [0.15, 0.2) is 6.29 Å². The number of carbonyl (C=O) groups excluding carboxylic acids is 1. The number of carboxylic acid groups (broad SMARTS) is 1. The number of amides is 1. The Morgan fingerprint density at radius 3 is 1.87 bits per heavy atom. The van der Waals surface area contributed by atoms with Crippen LogP contribution in [0.4, 0.5) is 5.69 Å². The second-order valence-corrected chi connectivity index (χ2v) is 11.5. The Balaban J connectivity index is 1.39. The summed E-state index contributed by atoms with van der Waals surface area (Å²) < 4.78 is 13.3.